The molecule has 1 saturated heterocycles. The summed E-state index contributed by atoms with van der Waals surface area (Å²) in [6.45, 7) is 7.00. The number of aryl methyl sites for hydroxylation is 3. The van der Waals surface area contributed by atoms with Crippen molar-refractivity contribution in [3.63, 3.8) is 0 Å². The van der Waals surface area contributed by atoms with Crippen LogP contribution in [0.15, 0.2) is 28.8 Å². The molecular formula is C19H23N3O3. The lowest BCUT2D eigenvalue weighted by Gasteiger charge is -2.32. The molecule has 1 aliphatic heterocycles. The van der Waals surface area contributed by atoms with Gasteiger partial charge >= 0.3 is 0 Å². The van der Waals surface area contributed by atoms with Gasteiger partial charge < -0.3 is 14.7 Å². The Hall–Kier alpha value is -2.63. The smallest absolute Gasteiger partial charge is 0.273 e. The summed E-state index contributed by atoms with van der Waals surface area (Å²) in [5, 5.41) is 6.70. The van der Waals surface area contributed by atoms with Crippen LogP contribution >= 0.6 is 0 Å². The molecule has 0 saturated carbocycles. The molecule has 0 spiro atoms. The Balaban J connectivity index is 1.56. The number of hydrogen-bond acceptors (Lipinski definition) is 4. The van der Waals surface area contributed by atoms with Crippen molar-refractivity contribution in [2.75, 3.05) is 13.1 Å². The number of nitrogens with one attached hydrogen (secondary N) is 1. The zero-order chi connectivity index (χ0) is 18.0. The largest absolute Gasteiger partial charge is 0.361 e. The Morgan fingerprint density at radius 1 is 1.16 bits per heavy atom. The predicted molar refractivity (Wildman–Crippen MR) is 93.5 cm³/mol. The van der Waals surface area contributed by atoms with E-state index in [0.29, 0.717) is 24.5 Å². The number of likely N-dealkylation sites (tertiary alicyclic amines) is 1. The van der Waals surface area contributed by atoms with E-state index in [2.05, 4.69) is 10.5 Å². The van der Waals surface area contributed by atoms with Crippen molar-refractivity contribution < 1.29 is 14.1 Å². The molecule has 0 aliphatic carbocycles. The first-order valence-corrected chi connectivity index (χ1v) is 8.55. The van der Waals surface area contributed by atoms with E-state index in [0.717, 1.165) is 29.5 Å². The topological polar surface area (TPSA) is 75.4 Å². The molecule has 6 heteroatoms. The molecule has 132 valence electrons. The Kier molecular flexibility index (Phi) is 4.88. The SMILES string of the molecule is Cc1ccc(C(=O)N2CCC(NC(=O)c3cc(C)on3)CC2)c(C)c1. The maximum Gasteiger partial charge on any atom is 0.273 e. The van der Waals surface area contributed by atoms with Gasteiger partial charge in [0.1, 0.15) is 5.76 Å². The van der Waals surface area contributed by atoms with Gasteiger partial charge in [-0.25, -0.2) is 0 Å². The quantitative estimate of drug-likeness (QED) is 0.931. The van der Waals surface area contributed by atoms with E-state index in [-0.39, 0.29) is 17.9 Å². The molecule has 0 unspecified atom stereocenters. The number of rotatable bonds is 3. The molecule has 2 aromatic rings. The van der Waals surface area contributed by atoms with Crippen LogP contribution in [0.25, 0.3) is 0 Å². The summed E-state index contributed by atoms with van der Waals surface area (Å²) < 4.78 is 4.93. The van der Waals surface area contributed by atoms with Crippen molar-refractivity contribution in [2.24, 2.45) is 0 Å². The van der Waals surface area contributed by atoms with Gasteiger partial charge in [0.25, 0.3) is 11.8 Å². The number of benzene rings is 1. The van der Waals surface area contributed by atoms with Crippen LogP contribution in [0, 0.1) is 20.8 Å². The third-order valence-corrected chi connectivity index (χ3v) is 4.59. The number of carbonyl (C=O) groups is 2. The summed E-state index contributed by atoms with van der Waals surface area (Å²) in [5.41, 5.74) is 3.21. The van der Waals surface area contributed by atoms with Crippen LogP contribution in [0.1, 0.15) is 50.6 Å². The number of amides is 2. The minimum atomic E-state index is -0.226. The Morgan fingerprint density at radius 3 is 2.48 bits per heavy atom. The number of hydrogen-bond donors (Lipinski definition) is 1. The van der Waals surface area contributed by atoms with Crippen LogP contribution in [-0.4, -0.2) is 41.0 Å². The highest BCUT2D eigenvalue weighted by Gasteiger charge is 2.26. The highest BCUT2D eigenvalue weighted by atomic mass is 16.5. The van der Waals surface area contributed by atoms with Crippen molar-refractivity contribution >= 4 is 11.8 Å². The summed E-state index contributed by atoms with van der Waals surface area (Å²) in [6.07, 6.45) is 1.47. The monoisotopic (exact) mass is 341 g/mol. The van der Waals surface area contributed by atoms with Crippen molar-refractivity contribution in [1.29, 1.82) is 0 Å². The maximum absolute atomic E-state index is 12.7. The van der Waals surface area contributed by atoms with Crippen LogP contribution in [-0.2, 0) is 0 Å². The molecule has 2 heterocycles. The standard InChI is InChI=1S/C19H23N3O3/c1-12-4-5-16(13(2)10-12)19(24)22-8-6-15(7-9-22)20-18(23)17-11-14(3)25-21-17/h4-5,10-11,15H,6-9H2,1-3H3,(H,20,23). The minimum absolute atomic E-state index is 0.0488. The third-order valence-electron chi connectivity index (χ3n) is 4.59. The molecule has 6 nitrogen and oxygen atoms in total. The third kappa shape index (κ3) is 3.90. The lowest BCUT2D eigenvalue weighted by atomic mass is 10.0. The van der Waals surface area contributed by atoms with E-state index in [1.807, 2.05) is 36.9 Å². The van der Waals surface area contributed by atoms with Crippen molar-refractivity contribution in [3.05, 3.63) is 52.4 Å². The Morgan fingerprint density at radius 2 is 1.88 bits per heavy atom. The Labute approximate surface area is 147 Å². The summed E-state index contributed by atoms with van der Waals surface area (Å²) in [7, 11) is 0. The van der Waals surface area contributed by atoms with Gasteiger partial charge in [-0.05, 0) is 45.2 Å². The van der Waals surface area contributed by atoms with Crippen molar-refractivity contribution in [3.8, 4) is 0 Å². The van der Waals surface area contributed by atoms with E-state index < -0.39 is 0 Å². The first-order valence-electron chi connectivity index (χ1n) is 8.55. The minimum Gasteiger partial charge on any atom is -0.361 e. The van der Waals surface area contributed by atoms with Crippen LogP contribution in [0.4, 0.5) is 0 Å². The van der Waals surface area contributed by atoms with E-state index in [1.165, 1.54) is 0 Å². The van der Waals surface area contributed by atoms with Gasteiger partial charge in [0.05, 0.1) is 0 Å². The normalized spacial score (nSPS) is 15.2. The van der Waals surface area contributed by atoms with Gasteiger partial charge in [-0.2, -0.15) is 0 Å². The number of piperidine rings is 1. The van der Waals surface area contributed by atoms with Crippen LogP contribution in [0.5, 0.6) is 0 Å². The molecule has 1 aromatic heterocycles. The van der Waals surface area contributed by atoms with Crippen LogP contribution in [0.3, 0.4) is 0 Å². The molecule has 1 aromatic carbocycles. The van der Waals surface area contributed by atoms with Crippen LogP contribution < -0.4 is 5.32 Å². The molecule has 3 rings (SSSR count). The second kappa shape index (κ2) is 7.09. The second-order valence-electron chi connectivity index (χ2n) is 6.68. The Bertz CT molecular complexity index is 789. The maximum atomic E-state index is 12.7. The molecule has 1 N–H and O–H groups in total. The van der Waals surface area contributed by atoms with E-state index in [9.17, 15) is 9.59 Å². The molecule has 0 bridgehead atoms. The highest BCUT2D eigenvalue weighted by Crippen LogP contribution is 2.18. The zero-order valence-electron chi connectivity index (χ0n) is 14.8. The molecule has 1 aliphatic rings. The van der Waals surface area contributed by atoms with E-state index in [1.54, 1.807) is 13.0 Å². The van der Waals surface area contributed by atoms with Crippen molar-refractivity contribution in [2.45, 2.75) is 39.7 Å². The first-order chi connectivity index (χ1) is 11.9. The summed E-state index contributed by atoms with van der Waals surface area (Å²) in [5.74, 6) is 0.449. The van der Waals surface area contributed by atoms with Crippen LogP contribution in [0.2, 0.25) is 0 Å². The molecular weight excluding hydrogens is 318 g/mol. The summed E-state index contributed by atoms with van der Waals surface area (Å²) >= 11 is 0. The van der Waals surface area contributed by atoms with Gasteiger partial charge in [0, 0.05) is 30.8 Å². The average Bonchev–Trinajstić information content (AvgIpc) is 3.02. The van der Waals surface area contributed by atoms with Gasteiger partial charge in [-0.3, -0.25) is 9.59 Å². The van der Waals surface area contributed by atoms with Gasteiger partial charge in [0.2, 0.25) is 0 Å². The number of nitrogens with zero attached hydrogens (tertiary/aromatic N) is 2. The first kappa shape index (κ1) is 17.2. The van der Waals surface area contributed by atoms with Gasteiger partial charge in [-0.1, -0.05) is 22.9 Å². The fourth-order valence-corrected chi connectivity index (χ4v) is 3.18. The summed E-state index contributed by atoms with van der Waals surface area (Å²) in [4.78, 5) is 26.7. The molecule has 1 fully saturated rings. The predicted octanol–water partition coefficient (Wildman–Crippen LogP) is 2.63. The fourth-order valence-electron chi connectivity index (χ4n) is 3.18. The second-order valence-corrected chi connectivity index (χ2v) is 6.68. The van der Waals surface area contributed by atoms with Crippen molar-refractivity contribution in [1.82, 2.24) is 15.4 Å². The number of aromatic nitrogens is 1. The lowest BCUT2D eigenvalue weighted by Crippen LogP contribution is -2.46. The van der Waals surface area contributed by atoms with E-state index >= 15 is 0 Å². The highest BCUT2D eigenvalue weighted by molar-refractivity contribution is 5.96. The lowest BCUT2D eigenvalue weighted by molar-refractivity contribution is 0.0697. The van der Waals surface area contributed by atoms with Gasteiger partial charge in [-0.15, -0.1) is 0 Å². The molecule has 25 heavy (non-hydrogen) atoms. The molecule has 0 atom stereocenters. The molecule has 0 radical (unpaired) electrons. The zero-order valence-corrected chi connectivity index (χ0v) is 14.8. The van der Waals surface area contributed by atoms with Gasteiger partial charge in [0.15, 0.2) is 5.69 Å². The average molecular weight is 341 g/mol. The number of carbonyl (C=O) groups excluding carboxylic acids is 2. The molecule has 2 amide bonds. The summed E-state index contributed by atoms with van der Waals surface area (Å²) in [6, 6.07) is 7.56. The fraction of sp³-hybridized carbons (Fsp3) is 0.421. The van der Waals surface area contributed by atoms with E-state index in [4.69, 9.17) is 4.52 Å².